The molecule has 1 heterocycles. The number of nitrogens with zero attached hydrogens (tertiary/aromatic N) is 1. The molecule has 0 aliphatic rings. The summed E-state index contributed by atoms with van der Waals surface area (Å²) in [6.45, 7) is 1.89. The number of nitrogens with two attached hydrogens (primary N) is 1. The lowest BCUT2D eigenvalue weighted by Crippen LogP contribution is -2.25. The van der Waals surface area contributed by atoms with Crippen molar-refractivity contribution in [3.63, 3.8) is 0 Å². The molecule has 0 saturated heterocycles. The Bertz CT molecular complexity index is 898. The Morgan fingerprint density at radius 3 is 2.41 bits per heavy atom. The third kappa shape index (κ3) is 2.32. The molecule has 0 spiro atoms. The van der Waals surface area contributed by atoms with Gasteiger partial charge in [0.1, 0.15) is 0 Å². The average molecular weight is 313 g/mol. The minimum Gasteiger partial charge on any atom is -0.323 e. The smallest absolute Gasteiger partial charge is 0.258 e. The van der Waals surface area contributed by atoms with Gasteiger partial charge < -0.3 is 10.3 Å². The van der Waals surface area contributed by atoms with Crippen LogP contribution in [-0.4, -0.2) is 4.57 Å². The average Bonchev–Trinajstić information content (AvgIpc) is 2.51. The van der Waals surface area contributed by atoms with Crippen LogP contribution in [0.1, 0.15) is 18.7 Å². The van der Waals surface area contributed by atoms with Crippen molar-refractivity contribution in [2.45, 2.75) is 13.0 Å². The summed E-state index contributed by atoms with van der Waals surface area (Å²) in [5.74, 6) is 0. The molecule has 0 amide bonds. The maximum absolute atomic E-state index is 12.6. The molecule has 3 rings (SSSR count). The second kappa shape index (κ2) is 5.59. The van der Waals surface area contributed by atoms with Crippen LogP contribution >= 0.6 is 11.6 Å². The van der Waals surface area contributed by atoms with E-state index in [9.17, 15) is 4.79 Å². The van der Waals surface area contributed by atoms with Crippen LogP contribution in [0.2, 0.25) is 5.02 Å². The molecule has 0 bridgehead atoms. The first-order valence-corrected chi connectivity index (χ1v) is 7.51. The number of benzene rings is 2. The fraction of sp³-hybridized carbons (Fsp3) is 0.167. The monoisotopic (exact) mass is 312 g/mol. The summed E-state index contributed by atoms with van der Waals surface area (Å²) in [5.41, 5.74) is 8.91. The van der Waals surface area contributed by atoms with Crippen molar-refractivity contribution in [2.75, 3.05) is 0 Å². The Morgan fingerprint density at radius 1 is 1.09 bits per heavy atom. The second-order valence-electron chi connectivity index (χ2n) is 5.47. The number of hydrogen-bond donors (Lipinski definition) is 1. The van der Waals surface area contributed by atoms with Crippen LogP contribution in [0.25, 0.3) is 21.9 Å². The number of rotatable bonds is 2. The van der Waals surface area contributed by atoms with E-state index in [4.69, 9.17) is 17.3 Å². The molecule has 22 heavy (non-hydrogen) atoms. The summed E-state index contributed by atoms with van der Waals surface area (Å²) in [5, 5.41) is 2.10. The Kier molecular flexibility index (Phi) is 3.77. The summed E-state index contributed by atoms with van der Waals surface area (Å²) in [7, 11) is 1.77. The van der Waals surface area contributed by atoms with Crippen LogP contribution in [0.5, 0.6) is 0 Å². The highest BCUT2D eigenvalue weighted by atomic mass is 35.5. The number of hydrogen-bond acceptors (Lipinski definition) is 2. The van der Waals surface area contributed by atoms with Gasteiger partial charge in [0.25, 0.3) is 5.56 Å². The van der Waals surface area contributed by atoms with E-state index >= 15 is 0 Å². The number of pyridine rings is 1. The molecule has 4 heteroatoms. The van der Waals surface area contributed by atoms with Gasteiger partial charge in [-0.15, -0.1) is 0 Å². The van der Waals surface area contributed by atoms with Gasteiger partial charge >= 0.3 is 0 Å². The van der Waals surface area contributed by atoms with Crippen LogP contribution in [0.4, 0.5) is 0 Å². The van der Waals surface area contributed by atoms with Gasteiger partial charge in [0.15, 0.2) is 0 Å². The number of halogens is 1. The lowest BCUT2D eigenvalue weighted by Gasteiger charge is -2.20. The van der Waals surface area contributed by atoms with Gasteiger partial charge in [0.05, 0.1) is 0 Å². The summed E-state index contributed by atoms with van der Waals surface area (Å²) < 4.78 is 1.64. The molecule has 0 saturated carbocycles. The van der Waals surface area contributed by atoms with Gasteiger partial charge in [-0.2, -0.15) is 0 Å². The van der Waals surface area contributed by atoms with E-state index in [0.717, 1.165) is 22.2 Å². The maximum atomic E-state index is 12.6. The third-order valence-corrected chi connectivity index (χ3v) is 4.13. The molecule has 3 nitrogen and oxygen atoms in total. The second-order valence-corrected chi connectivity index (χ2v) is 5.91. The topological polar surface area (TPSA) is 48.0 Å². The molecule has 0 fully saturated rings. The van der Waals surface area contributed by atoms with Crippen molar-refractivity contribution in [2.24, 2.45) is 12.8 Å². The minimum absolute atomic E-state index is 0.0568. The molecule has 1 unspecified atom stereocenters. The van der Waals surface area contributed by atoms with Crippen LogP contribution in [0, 0.1) is 0 Å². The van der Waals surface area contributed by atoms with Crippen LogP contribution < -0.4 is 11.3 Å². The van der Waals surface area contributed by atoms with Crippen LogP contribution in [0.3, 0.4) is 0 Å². The van der Waals surface area contributed by atoms with Gasteiger partial charge in [-0.3, -0.25) is 4.79 Å². The van der Waals surface area contributed by atoms with Crippen molar-refractivity contribution in [3.05, 3.63) is 69.6 Å². The van der Waals surface area contributed by atoms with Gasteiger partial charge in [-0.1, -0.05) is 41.9 Å². The molecule has 0 aliphatic heterocycles. The van der Waals surface area contributed by atoms with Gasteiger partial charge in [0, 0.05) is 34.8 Å². The zero-order chi connectivity index (χ0) is 15.9. The maximum Gasteiger partial charge on any atom is 0.258 e. The SMILES string of the molecule is CC(N)c1c(-c2ccccc2)c2cc(Cl)ccc2c(=O)n1C. The van der Waals surface area contributed by atoms with E-state index in [0.29, 0.717) is 10.4 Å². The predicted molar refractivity (Wildman–Crippen MR) is 92.2 cm³/mol. The first kappa shape index (κ1) is 14.8. The van der Waals surface area contributed by atoms with E-state index < -0.39 is 0 Å². The summed E-state index contributed by atoms with van der Waals surface area (Å²) in [4.78, 5) is 12.6. The Morgan fingerprint density at radius 2 is 1.77 bits per heavy atom. The van der Waals surface area contributed by atoms with Crippen molar-refractivity contribution in [1.82, 2.24) is 4.57 Å². The zero-order valence-electron chi connectivity index (χ0n) is 12.5. The van der Waals surface area contributed by atoms with Gasteiger partial charge in [0.2, 0.25) is 0 Å². The molecular weight excluding hydrogens is 296 g/mol. The molecule has 1 atom stereocenters. The summed E-state index contributed by atoms with van der Waals surface area (Å²) in [6, 6.07) is 15.0. The van der Waals surface area contributed by atoms with E-state index in [1.165, 1.54) is 0 Å². The molecule has 0 radical (unpaired) electrons. The number of aromatic nitrogens is 1. The van der Waals surface area contributed by atoms with E-state index in [1.54, 1.807) is 23.7 Å². The van der Waals surface area contributed by atoms with Crippen LogP contribution in [-0.2, 0) is 7.05 Å². The first-order valence-electron chi connectivity index (χ1n) is 7.14. The van der Waals surface area contributed by atoms with Crippen molar-refractivity contribution >= 4 is 22.4 Å². The van der Waals surface area contributed by atoms with E-state index in [-0.39, 0.29) is 11.6 Å². The van der Waals surface area contributed by atoms with Gasteiger partial charge in [-0.25, -0.2) is 0 Å². The molecule has 2 aromatic carbocycles. The lowest BCUT2D eigenvalue weighted by molar-refractivity contribution is 0.694. The fourth-order valence-electron chi connectivity index (χ4n) is 2.95. The Labute approximate surface area is 133 Å². The predicted octanol–water partition coefficient (Wildman–Crippen LogP) is 3.88. The van der Waals surface area contributed by atoms with Crippen molar-refractivity contribution in [1.29, 1.82) is 0 Å². The van der Waals surface area contributed by atoms with Crippen molar-refractivity contribution in [3.8, 4) is 11.1 Å². The molecule has 112 valence electrons. The third-order valence-electron chi connectivity index (χ3n) is 3.90. The molecule has 3 aromatic rings. The molecular formula is C18H17ClN2O. The fourth-order valence-corrected chi connectivity index (χ4v) is 3.12. The molecule has 2 N–H and O–H groups in total. The molecule has 0 aliphatic carbocycles. The minimum atomic E-state index is -0.267. The summed E-state index contributed by atoms with van der Waals surface area (Å²) >= 11 is 6.16. The lowest BCUT2D eigenvalue weighted by atomic mass is 9.94. The summed E-state index contributed by atoms with van der Waals surface area (Å²) in [6.07, 6.45) is 0. The van der Waals surface area contributed by atoms with Crippen molar-refractivity contribution < 1.29 is 0 Å². The molecule has 1 aromatic heterocycles. The van der Waals surface area contributed by atoms with E-state index in [2.05, 4.69) is 0 Å². The van der Waals surface area contributed by atoms with E-state index in [1.807, 2.05) is 43.3 Å². The first-order chi connectivity index (χ1) is 10.5. The normalized spacial score (nSPS) is 12.5. The Balaban J connectivity index is 2.56. The highest BCUT2D eigenvalue weighted by molar-refractivity contribution is 6.31. The standard InChI is InChI=1S/C18H17ClN2O/c1-11(20)17-16(12-6-4-3-5-7-12)15-10-13(19)8-9-14(15)18(22)21(17)2/h3-11H,20H2,1-2H3. The van der Waals surface area contributed by atoms with Gasteiger partial charge in [-0.05, 0) is 36.1 Å². The highest BCUT2D eigenvalue weighted by Gasteiger charge is 2.18. The quantitative estimate of drug-likeness (QED) is 0.780. The van der Waals surface area contributed by atoms with Crippen LogP contribution in [0.15, 0.2) is 53.3 Å². The highest BCUT2D eigenvalue weighted by Crippen LogP contribution is 2.34. The zero-order valence-corrected chi connectivity index (χ0v) is 13.3. The largest absolute Gasteiger partial charge is 0.323 e. The number of fused-ring (bicyclic) bond motifs is 1. The Hall–Kier alpha value is -2.10.